The van der Waals surface area contributed by atoms with Gasteiger partial charge in [-0.15, -0.1) is 0 Å². The monoisotopic (exact) mass is 381 g/mol. The molecule has 0 spiro atoms. The van der Waals surface area contributed by atoms with E-state index in [1.54, 1.807) is 13.2 Å². The molecule has 0 atom stereocenters. The van der Waals surface area contributed by atoms with Crippen LogP contribution < -0.4 is 15.0 Å². The normalized spacial score (nSPS) is 14.3. The molecule has 1 fully saturated rings. The maximum atomic E-state index is 12.1. The highest BCUT2D eigenvalue weighted by Crippen LogP contribution is 2.22. The summed E-state index contributed by atoms with van der Waals surface area (Å²) in [5.74, 6) is 0.641. The van der Waals surface area contributed by atoms with Gasteiger partial charge in [-0.3, -0.25) is 10.1 Å². The molecule has 2 aromatic rings. The molecule has 140 valence electrons. The van der Waals surface area contributed by atoms with E-state index in [-0.39, 0.29) is 5.91 Å². The average molecular weight is 382 g/mol. The molecular formula is C21H23N3O2S. The van der Waals surface area contributed by atoms with Gasteiger partial charge in [-0.1, -0.05) is 36.4 Å². The van der Waals surface area contributed by atoms with Gasteiger partial charge >= 0.3 is 0 Å². The maximum absolute atomic E-state index is 12.1. The van der Waals surface area contributed by atoms with Crippen LogP contribution in [0.3, 0.4) is 0 Å². The van der Waals surface area contributed by atoms with Crippen molar-refractivity contribution in [1.82, 2.24) is 10.2 Å². The van der Waals surface area contributed by atoms with Gasteiger partial charge in [0.05, 0.1) is 7.11 Å². The number of anilines is 1. The minimum atomic E-state index is -0.209. The summed E-state index contributed by atoms with van der Waals surface area (Å²) in [6.07, 6.45) is 3.28. The van der Waals surface area contributed by atoms with E-state index in [1.165, 1.54) is 6.08 Å². The van der Waals surface area contributed by atoms with Crippen LogP contribution in [0.5, 0.6) is 5.75 Å². The lowest BCUT2D eigenvalue weighted by atomic mass is 10.2. The third-order valence-electron chi connectivity index (χ3n) is 4.44. The van der Waals surface area contributed by atoms with Crippen LogP contribution in [0.4, 0.5) is 5.69 Å². The van der Waals surface area contributed by atoms with Crippen molar-refractivity contribution < 1.29 is 9.53 Å². The summed E-state index contributed by atoms with van der Waals surface area (Å²) < 4.78 is 5.29. The first-order valence-corrected chi connectivity index (χ1v) is 9.28. The summed E-state index contributed by atoms with van der Waals surface area (Å²) in [6, 6.07) is 17.7. The fraction of sp³-hybridized carbons (Fsp3) is 0.238. The second kappa shape index (κ2) is 9.19. The zero-order valence-corrected chi connectivity index (χ0v) is 16.1. The highest BCUT2D eigenvalue weighted by atomic mass is 32.1. The first kappa shape index (κ1) is 18.9. The van der Waals surface area contributed by atoms with Gasteiger partial charge < -0.3 is 14.5 Å². The highest BCUT2D eigenvalue weighted by Gasteiger charge is 2.20. The van der Waals surface area contributed by atoms with Gasteiger partial charge in [0.2, 0.25) is 5.91 Å². The Morgan fingerprint density at radius 1 is 1.07 bits per heavy atom. The fourth-order valence-electron chi connectivity index (χ4n) is 2.94. The van der Waals surface area contributed by atoms with Crippen LogP contribution in [-0.4, -0.2) is 49.2 Å². The molecule has 27 heavy (non-hydrogen) atoms. The standard InChI is InChI=1S/C21H23N3O2S/c1-26-19-9-5-8-18(16-19)23-12-14-24(15-13-23)21(27)22-20(25)11-10-17-6-3-2-4-7-17/h2-11,16H,12-15H2,1H3,(H,22,25,27). The number of rotatable bonds is 4. The van der Waals surface area contributed by atoms with Crippen LogP contribution in [0.25, 0.3) is 6.08 Å². The molecule has 0 radical (unpaired) electrons. The quantitative estimate of drug-likeness (QED) is 0.652. The molecule has 1 aliphatic heterocycles. The summed E-state index contributed by atoms with van der Waals surface area (Å²) in [6.45, 7) is 3.20. The third kappa shape index (κ3) is 5.31. The van der Waals surface area contributed by atoms with Crippen LogP contribution in [0, 0.1) is 0 Å². The number of hydrogen-bond donors (Lipinski definition) is 1. The van der Waals surface area contributed by atoms with Gasteiger partial charge in [0.15, 0.2) is 5.11 Å². The fourth-order valence-corrected chi connectivity index (χ4v) is 3.22. The largest absolute Gasteiger partial charge is 0.497 e. The van der Waals surface area contributed by atoms with Crippen molar-refractivity contribution in [1.29, 1.82) is 0 Å². The number of thiocarbonyl (C=S) groups is 1. The molecule has 1 heterocycles. The van der Waals surface area contributed by atoms with Gasteiger partial charge in [-0.2, -0.15) is 0 Å². The van der Waals surface area contributed by atoms with Crippen molar-refractivity contribution >= 4 is 35.0 Å². The lowest BCUT2D eigenvalue weighted by Gasteiger charge is -2.37. The Bertz CT molecular complexity index is 815. The van der Waals surface area contributed by atoms with Gasteiger partial charge in [0.25, 0.3) is 0 Å². The number of piperazine rings is 1. The number of carbonyl (C=O) groups excluding carboxylic acids is 1. The molecule has 1 N–H and O–H groups in total. The van der Waals surface area contributed by atoms with Crippen molar-refractivity contribution in [3.63, 3.8) is 0 Å². The molecule has 6 heteroatoms. The Morgan fingerprint density at radius 3 is 2.52 bits per heavy atom. The topological polar surface area (TPSA) is 44.8 Å². The molecule has 1 amide bonds. The van der Waals surface area contributed by atoms with Gasteiger partial charge in [0.1, 0.15) is 5.75 Å². The van der Waals surface area contributed by atoms with Crippen molar-refractivity contribution in [2.45, 2.75) is 0 Å². The number of nitrogens with zero attached hydrogens (tertiary/aromatic N) is 2. The summed E-state index contributed by atoms with van der Waals surface area (Å²) >= 11 is 5.40. The summed E-state index contributed by atoms with van der Waals surface area (Å²) in [5.41, 5.74) is 2.11. The summed E-state index contributed by atoms with van der Waals surface area (Å²) in [4.78, 5) is 16.4. The molecule has 0 saturated carbocycles. The minimum absolute atomic E-state index is 0.209. The highest BCUT2D eigenvalue weighted by molar-refractivity contribution is 7.80. The van der Waals surface area contributed by atoms with E-state index < -0.39 is 0 Å². The van der Waals surface area contributed by atoms with E-state index in [9.17, 15) is 4.79 Å². The molecule has 0 aromatic heterocycles. The van der Waals surface area contributed by atoms with Crippen molar-refractivity contribution in [3.8, 4) is 5.75 Å². The first-order valence-electron chi connectivity index (χ1n) is 8.88. The summed E-state index contributed by atoms with van der Waals surface area (Å²) in [7, 11) is 1.67. The molecule has 0 aliphatic carbocycles. The second-order valence-corrected chi connectivity index (χ2v) is 6.60. The number of amides is 1. The third-order valence-corrected chi connectivity index (χ3v) is 4.80. The molecule has 0 bridgehead atoms. The van der Waals surface area contributed by atoms with Crippen LogP contribution in [0.2, 0.25) is 0 Å². The first-order chi connectivity index (χ1) is 13.2. The second-order valence-electron chi connectivity index (χ2n) is 6.21. The smallest absolute Gasteiger partial charge is 0.250 e. The molecule has 2 aromatic carbocycles. The Morgan fingerprint density at radius 2 is 1.81 bits per heavy atom. The zero-order chi connectivity index (χ0) is 19.1. The van der Waals surface area contributed by atoms with Crippen LogP contribution >= 0.6 is 12.2 Å². The van der Waals surface area contributed by atoms with E-state index in [0.717, 1.165) is 43.2 Å². The van der Waals surface area contributed by atoms with Crippen molar-refractivity contribution in [2.24, 2.45) is 0 Å². The average Bonchev–Trinajstić information content (AvgIpc) is 2.73. The van der Waals surface area contributed by atoms with E-state index in [0.29, 0.717) is 5.11 Å². The van der Waals surface area contributed by atoms with Crippen LogP contribution in [0.1, 0.15) is 5.56 Å². The number of nitrogens with one attached hydrogen (secondary N) is 1. The van der Waals surface area contributed by atoms with E-state index >= 15 is 0 Å². The van der Waals surface area contributed by atoms with Gasteiger partial charge in [-0.05, 0) is 36.0 Å². The van der Waals surface area contributed by atoms with Crippen LogP contribution in [0.15, 0.2) is 60.7 Å². The van der Waals surface area contributed by atoms with Gasteiger partial charge in [-0.25, -0.2) is 0 Å². The molecular weight excluding hydrogens is 358 g/mol. The number of benzene rings is 2. The number of methoxy groups -OCH3 is 1. The molecule has 1 saturated heterocycles. The van der Waals surface area contributed by atoms with Crippen molar-refractivity contribution in [2.75, 3.05) is 38.2 Å². The molecule has 5 nitrogen and oxygen atoms in total. The SMILES string of the molecule is COc1cccc(N2CCN(C(=S)NC(=O)C=Cc3ccccc3)CC2)c1. The minimum Gasteiger partial charge on any atom is -0.497 e. The summed E-state index contributed by atoms with van der Waals surface area (Å²) in [5, 5.41) is 3.26. The lowest BCUT2D eigenvalue weighted by molar-refractivity contribution is -0.115. The number of carbonyl (C=O) groups is 1. The molecule has 0 unspecified atom stereocenters. The Hall–Kier alpha value is -2.86. The van der Waals surface area contributed by atoms with Crippen molar-refractivity contribution in [3.05, 3.63) is 66.2 Å². The number of ether oxygens (including phenoxy) is 1. The van der Waals surface area contributed by atoms with Crippen LogP contribution in [-0.2, 0) is 4.79 Å². The Labute approximate surface area is 165 Å². The zero-order valence-electron chi connectivity index (χ0n) is 15.3. The van der Waals surface area contributed by atoms with E-state index in [2.05, 4.69) is 16.3 Å². The van der Waals surface area contributed by atoms with E-state index in [1.807, 2.05) is 53.4 Å². The molecule has 3 rings (SSSR count). The Kier molecular flexibility index (Phi) is 6.44. The maximum Gasteiger partial charge on any atom is 0.250 e. The Balaban J connectivity index is 1.49. The molecule has 1 aliphatic rings. The van der Waals surface area contributed by atoms with E-state index in [4.69, 9.17) is 17.0 Å². The lowest BCUT2D eigenvalue weighted by Crippen LogP contribution is -2.52. The van der Waals surface area contributed by atoms with Gasteiger partial charge in [0, 0.05) is 44.0 Å². The predicted octanol–water partition coefficient (Wildman–Crippen LogP) is 2.93. The predicted molar refractivity (Wildman–Crippen MR) is 113 cm³/mol. The number of hydrogen-bond acceptors (Lipinski definition) is 4.